The minimum atomic E-state index is -2.71. The van der Waals surface area contributed by atoms with Gasteiger partial charge in [0.1, 0.15) is 10.7 Å². The van der Waals surface area contributed by atoms with Gasteiger partial charge in [-0.25, -0.2) is 9.97 Å². The second-order valence-corrected chi connectivity index (χ2v) is 10.0. The molecule has 158 valence electrons. The molecule has 1 atom stereocenters. The molecule has 0 radical (unpaired) electrons. The minimum absolute atomic E-state index is 0.147. The average Bonchev–Trinajstić information content (AvgIpc) is 3.48. The van der Waals surface area contributed by atoms with E-state index in [4.69, 9.17) is 0 Å². The quantitative estimate of drug-likeness (QED) is 0.221. The monoisotopic (exact) mass is 474 g/mol. The smallest absolute Gasteiger partial charge is 0.290 e. The van der Waals surface area contributed by atoms with Gasteiger partial charge in [-0.15, -0.1) is 22.7 Å². The van der Waals surface area contributed by atoms with Crippen LogP contribution in [0.1, 0.15) is 24.5 Å². The molecule has 5 rings (SSSR count). The van der Waals surface area contributed by atoms with Crippen molar-refractivity contribution in [1.29, 1.82) is 0 Å². The van der Waals surface area contributed by atoms with Crippen molar-refractivity contribution in [3.05, 3.63) is 63.3 Å². The Hall–Kier alpha value is -2.56. The number of hydrogen-bond acceptors (Lipinski definition) is 6. The average molecular weight is 475 g/mol. The van der Waals surface area contributed by atoms with Crippen molar-refractivity contribution >= 4 is 55.7 Å². The standard InChI is InChI=1S/C21H16F2N4OS3/c1-11(17-24-13-6-3-4-7-14(13)27(17)20(22)23)31-21-25-18-16(19(28)26(21)2)12(10-30-18)15-8-5-9-29-15/h3-11,20H,1-2H3. The van der Waals surface area contributed by atoms with E-state index in [1.807, 2.05) is 22.9 Å². The number of nitrogens with zero attached hydrogens (tertiary/aromatic N) is 4. The number of thiophene rings is 2. The van der Waals surface area contributed by atoms with E-state index in [1.54, 1.807) is 49.6 Å². The molecule has 31 heavy (non-hydrogen) atoms. The van der Waals surface area contributed by atoms with Gasteiger partial charge in [0, 0.05) is 22.9 Å². The number of hydrogen-bond donors (Lipinski definition) is 0. The number of thioether (sulfide) groups is 1. The van der Waals surface area contributed by atoms with Crippen LogP contribution < -0.4 is 5.56 Å². The summed E-state index contributed by atoms with van der Waals surface area (Å²) < 4.78 is 30.1. The van der Waals surface area contributed by atoms with Gasteiger partial charge in [0.25, 0.3) is 5.56 Å². The lowest BCUT2D eigenvalue weighted by molar-refractivity contribution is 0.0715. The number of benzene rings is 1. The molecule has 5 aromatic rings. The molecule has 0 N–H and O–H groups in total. The third-order valence-corrected chi connectivity index (χ3v) is 7.94. The van der Waals surface area contributed by atoms with Crippen molar-refractivity contribution in [2.75, 3.05) is 0 Å². The summed E-state index contributed by atoms with van der Waals surface area (Å²) in [6, 6.07) is 10.8. The van der Waals surface area contributed by atoms with Crippen LogP contribution in [0.15, 0.2) is 57.1 Å². The largest absolute Gasteiger partial charge is 0.320 e. The maximum Gasteiger partial charge on any atom is 0.320 e. The summed E-state index contributed by atoms with van der Waals surface area (Å²) in [5.41, 5.74) is 1.64. The number of rotatable bonds is 5. The highest BCUT2D eigenvalue weighted by molar-refractivity contribution is 7.99. The lowest BCUT2D eigenvalue weighted by Crippen LogP contribution is -2.20. The highest BCUT2D eigenvalue weighted by atomic mass is 32.2. The molecule has 0 saturated carbocycles. The zero-order valence-corrected chi connectivity index (χ0v) is 18.9. The third-order valence-electron chi connectivity index (χ3n) is 5.02. The highest BCUT2D eigenvalue weighted by Crippen LogP contribution is 2.39. The lowest BCUT2D eigenvalue weighted by Gasteiger charge is -2.15. The van der Waals surface area contributed by atoms with Gasteiger partial charge in [0.05, 0.1) is 21.7 Å². The Morgan fingerprint density at radius 1 is 1.10 bits per heavy atom. The van der Waals surface area contributed by atoms with E-state index in [0.717, 1.165) is 15.0 Å². The summed E-state index contributed by atoms with van der Waals surface area (Å²) in [5.74, 6) is 0.251. The molecule has 4 aromatic heterocycles. The Bertz CT molecular complexity index is 1450. The van der Waals surface area contributed by atoms with Crippen molar-refractivity contribution in [3.63, 3.8) is 0 Å². The van der Waals surface area contributed by atoms with Crippen LogP contribution in [-0.4, -0.2) is 19.1 Å². The topological polar surface area (TPSA) is 52.7 Å². The van der Waals surface area contributed by atoms with Crippen LogP contribution >= 0.6 is 34.4 Å². The normalized spacial score (nSPS) is 12.9. The zero-order valence-electron chi connectivity index (χ0n) is 16.5. The number of fused-ring (bicyclic) bond motifs is 2. The van der Waals surface area contributed by atoms with Gasteiger partial charge in [0.2, 0.25) is 0 Å². The SMILES string of the molecule is CC(Sc1nc2scc(-c3cccs3)c2c(=O)n1C)c1nc2ccccc2n1C(F)F. The first-order valence-electron chi connectivity index (χ1n) is 9.39. The van der Waals surface area contributed by atoms with Gasteiger partial charge in [-0.05, 0) is 30.5 Å². The van der Waals surface area contributed by atoms with E-state index < -0.39 is 11.8 Å². The number of aromatic nitrogens is 4. The molecule has 1 unspecified atom stereocenters. The first-order valence-corrected chi connectivity index (χ1v) is 12.0. The molecule has 0 spiro atoms. The Balaban J connectivity index is 1.57. The molecule has 4 heterocycles. The molecule has 5 nitrogen and oxygen atoms in total. The molecule has 0 saturated heterocycles. The Morgan fingerprint density at radius 2 is 1.90 bits per heavy atom. The van der Waals surface area contributed by atoms with Crippen LogP contribution in [0.25, 0.3) is 31.7 Å². The summed E-state index contributed by atoms with van der Waals surface area (Å²) >= 11 is 4.23. The van der Waals surface area contributed by atoms with Crippen molar-refractivity contribution < 1.29 is 8.78 Å². The van der Waals surface area contributed by atoms with Crippen molar-refractivity contribution in [2.45, 2.75) is 23.9 Å². The number of alkyl halides is 2. The molecule has 0 amide bonds. The molecule has 0 fully saturated rings. The van der Waals surface area contributed by atoms with Gasteiger partial charge in [0.15, 0.2) is 5.16 Å². The Kier molecular flexibility index (Phi) is 5.15. The van der Waals surface area contributed by atoms with Crippen molar-refractivity contribution in [1.82, 2.24) is 19.1 Å². The third kappa shape index (κ3) is 3.38. The number of imidazole rings is 1. The predicted molar refractivity (Wildman–Crippen MR) is 123 cm³/mol. The van der Waals surface area contributed by atoms with Crippen LogP contribution in [0.5, 0.6) is 0 Å². The van der Waals surface area contributed by atoms with Gasteiger partial charge < -0.3 is 0 Å². The fraction of sp³-hybridized carbons (Fsp3) is 0.190. The maximum atomic E-state index is 13.8. The Morgan fingerprint density at radius 3 is 2.65 bits per heavy atom. The van der Waals surface area contributed by atoms with Gasteiger partial charge in [-0.1, -0.05) is 30.0 Å². The number of para-hydroxylation sites is 2. The van der Waals surface area contributed by atoms with Crippen LogP contribution in [0, 0.1) is 0 Å². The highest BCUT2D eigenvalue weighted by Gasteiger charge is 2.24. The van der Waals surface area contributed by atoms with E-state index in [1.165, 1.54) is 27.7 Å². The van der Waals surface area contributed by atoms with E-state index in [-0.39, 0.29) is 11.4 Å². The van der Waals surface area contributed by atoms with Gasteiger partial charge >= 0.3 is 6.55 Å². The summed E-state index contributed by atoms with van der Waals surface area (Å²) in [6.07, 6.45) is 0. The summed E-state index contributed by atoms with van der Waals surface area (Å²) in [6.45, 7) is -0.914. The predicted octanol–water partition coefficient (Wildman–Crippen LogP) is 6.32. The van der Waals surface area contributed by atoms with Crippen molar-refractivity contribution in [3.8, 4) is 10.4 Å². The van der Waals surface area contributed by atoms with E-state index >= 15 is 0 Å². The zero-order chi connectivity index (χ0) is 21.7. The first kappa shape index (κ1) is 20.3. The number of halogens is 2. The lowest BCUT2D eigenvalue weighted by atomic mass is 10.2. The van der Waals surface area contributed by atoms with Crippen LogP contribution in [0.3, 0.4) is 0 Å². The molecular formula is C21H16F2N4OS3. The molecule has 1 aromatic carbocycles. The molecule has 0 aliphatic heterocycles. The van der Waals surface area contributed by atoms with Crippen LogP contribution in [-0.2, 0) is 7.05 Å². The van der Waals surface area contributed by atoms with Crippen LogP contribution in [0.2, 0.25) is 0 Å². The molecule has 0 bridgehead atoms. The summed E-state index contributed by atoms with van der Waals surface area (Å²) in [7, 11) is 1.66. The van der Waals surface area contributed by atoms with Crippen LogP contribution in [0.4, 0.5) is 8.78 Å². The summed E-state index contributed by atoms with van der Waals surface area (Å²) in [4.78, 5) is 23.9. The van der Waals surface area contributed by atoms with Gasteiger partial charge in [-0.3, -0.25) is 13.9 Å². The fourth-order valence-electron chi connectivity index (χ4n) is 3.54. The van der Waals surface area contributed by atoms with E-state index in [9.17, 15) is 13.6 Å². The molecule has 10 heteroatoms. The maximum absolute atomic E-state index is 13.8. The molecule has 0 aliphatic rings. The fourth-order valence-corrected chi connectivity index (χ4v) is 6.32. The summed E-state index contributed by atoms with van der Waals surface area (Å²) in [5, 5.41) is 4.54. The second-order valence-electron chi connectivity index (χ2n) is 6.93. The minimum Gasteiger partial charge on any atom is -0.290 e. The molecular weight excluding hydrogens is 458 g/mol. The van der Waals surface area contributed by atoms with E-state index in [0.29, 0.717) is 26.4 Å². The molecule has 0 aliphatic carbocycles. The first-order chi connectivity index (χ1) is 15.0. The van der Waals surface area contributed by atoms with E-state index in [2.05, 4.69) is 9.97 Å². The van der Waals surface area contributed by atoms with Crippen molar-refractivity contribution in [2.24, 2.45) is 7.05 Å². The second kappa shape index (κ2) is 7.85. The van der Waals surface area contributed by atoms with Gasteiger partial charge in [-0.2, -0.15) is 8.78 Å². The Labute approximate surface area is 188 Å².